The fraction of sp³-hybridized carbons (Fsp3) is 0.346. The Morgan fingerprint density at radius 2 is 1.31 bits per heavy atom. The van der Waals surface area contributed by atoms with Gasteiger partial charge in [0.15, 0.2) is 0 Å². The van der Waals surface area contributed by atoms with Crippen LogP contribution < -0.4 is 24.8 Å². The van der Waals surface area contributed by atoms with E-state index in [1.807, 2.05) is 0 Å². The number of fused-ring (bicyclic) bond motifs is 4. The Balaban J connectivity index is 0.000000263. The summed E-state index contributed by atoms with van der Waals surface area (Å²) in [7, 11) is 0. The summed E-state index contributed by atoms with van der Waals surface area (Å²) in [5.41, 5.74) is 5.36. The number of benzene rings is 2. The molecule has 1 unspecified atom stereocenters. The Labute approximate surface area is 207 Å². The molecular weight excluding hydrogens is 474 g/mol. The van der Waals surface area contributed by atoms with Crippen LogP contribution in [0.4, 0.5) is 0 Å². The Bertz CT molecular complexity index is 1010. The summed E-state index contributed by atoms with van der Waals surface area (Å²) < 4.78 is 0. The fourth-order valence-electron chi connectivity index (χ4n) is 4.81. The second-order valence-corrected chi connectivity index (χ2v) is 9.22. The Kier molecular flexibility index (Phi) is 8.31. The van der Waals surface area contributed by atoms with Crippen molar-refractivity contribution in [3.8, 4) is 0 Å². The van der Waals surface area contributed by atoms with E-state index in [2.05, 4.69) is 102 Å². The zero-order chi connectivity index (χ0) is 18.7. The number of halogens is 2. The van der Waals surface area contributed by atoms with E-state index in [0.717, 1.165) is 0 Å². The second kappa shape index (κ2) is 9.17. The largest absolute Gasteiger partial charge is 4.00 e. The minimum absolute atomic E-state index is 0. The standard InChI is InChI=1S/C13H9.C13H19.2ClH.Zr/c1-3-7-12-10(5-1)9-11-6-2-4-8-13(11)12;1-8-7-9-11(12(2,3)4)10(8)13(9,5)6;;;/h1-9H;8H,1-6H3;2*1H;/q2*-1;;;+4/p-2. The first-order chi connectivity index (χ1) is 12.2. The van der Waals surface area contributed by atoms with Gasteiger partial charge in [-0.1, -0.05) is 89.3 Å². The first kappa shape index (κ1) is 26.3. The monoisotopic (exact) mass is 500 g/mol. The predicted molar refractivity (Wildman–Crippen MR) is 113 cm³/mol. The third kappa shape index (κ3) is 4.34. The first-order valence-corrected chi connectivity index (χ1v) is 9.64. The number of hydrogen-bond acceptors (Lipinski definition) is 0. The zero-order valence-electron chi connectivity index (χ0n) is 18.0. The molecule has 0 spiro atoms. The molecule has 0 aromatic heterocycles. The molecule has 0 fully saturated rings. The van der Waals surface area contributed by atoms with E-state index in [-0.39, 0.29) is 51.0 Å². The van der Waals surface area contributed by atoms with Crippen LogP contribution in [0.3, 0.4) is 0 Å². The quantitative estimate of drug-likeness (QED) is 0.409. The third-order valence-corrected chi connectivity index (χ3v) is 5.88. The molecule has 0 saturated carbocycles. The Morgan fingerprint density at radius 1 is 0.862 bits per heavy atom. The van der Waals surface area contributed by atoms with Crippen molar-refractivity contribution in [2.45, 2.75) is 41.5 Å². The molecule has 6 rings (SSSR count). The van der Waals surface area contributed by atoms with Crippen molar-refractivity contribution in [3.63, 3.8) is 0 Å². The molecule has 0 radical (unpaired) electrons. The van der Waals surface area contributed by atoms with Gasteiger partial charge < -0.3 is 24.8 Å². The molecular formula is C26H28Cl2Zr. The molecule has 3 aliphatic rings. The van der Waals surface area contributed by atoms with Crippen molar-refractivity contribution in [2.24, 2.45) is 16.7 Å². The van der Waals surface area contributed by atoms with Crippen LogP contribution in [0, 0.1) is 22.8 Å². The van der Waals surface area contributed by atoms with E-state index in [1.54, 1.807) is 11.1 Å². The van der Waals surface area contributed by atoms with E-state index in [1.165, 1.54) is 27.1 Å². The van der Waals surface area contributed by atoms with Crippen LogP contribution >= 0.6 is 0 Å². The molecule has 0 nitrogen and oxygen atoms in total. The van der Waals surface area contributed by atoms with Crippen molar-refractivity contribution < 1.29 is 51.0 Å². The maximum absolute atomic E-state index is 3.58. The number of hydrogen-bond donors (Lipinski definition) is 0. The molecule has 150 valence electrons. The third-order valence-electron chi connectivity index (χ3n) is 5.88. The zero-order valence-corrected chi connectivity index (χ0v) is 22.0. The van der Waals surface area contributed by atoms with Gasteiger partial charge in [-0.05, 0) is 5.41 Å². The van der Waals surface area contributed by atoms with E-state index in [4.69, 9.17) is 0 Å². The molecule has 0 saturated heterocycles. The average Bonchev–Trinajstić information content (AvgIpc) is 3.20. The Hall–Kier alpha value is -0.747. The van der Waals surface area contributed by atoms with Crippen LogP contribution in [-0.2, 0) is 26.2 Å². The van der Waals surface area contributed by atoms with Crippen LogP contribution in [0.2, 0.25) is 0 Å². The molecule has 29 heavy (non-hydrogen) atoms. The van der Waals surface area contributed by atoms with Crippen LogP contribution in [0.1, 0.15) is 41.5 Å². The molecule has 0 amide bonds. The topological polar surface area (TPSA) is 0 Å². The van der Waals surface area contributed by atoms with Gasteiger partial charge in [0, 0.05) is 0 Å². The molecule has 0 aliphatic heterocycles. The molecule has 1 atom stereocenters. The summed E-state index contributed by atoms with van der Waals surface area (Å²) in [6.45, 7) is 13.8. The van der Waals surface area contributed by atoms with Gasteiger partial charge in [0.2, 0.25) is 0 Å². The molecule has 3 heteroatoms. The SMILES string of the molecule is CC1[C-]=C2C(C(C)(C)C)=C1C2(C)C.[Cl-].[Cl-].[Zr+4].c1ccc2c(c1)[cH-]c1ccccc12. The van der Waals surface area contributed by atoms with Gasteiger partial charge in [-0.2, -0.15) is 11.1 Å². The van der Waals surface area contributed by atoms with Gasteiger partial charge in [0.25, 0.3) is 0 Å². The number of allylic oxidation sites excluding steroid dienone is 4. The molecule has 3 aromatic rings. The van der Waals surface area contributed by atoms with Crippen molar-refractivity contribution >= 4 is 21.5 Å². The Morgan fingerprint density at radius 3 is 1.62 bits per heavy atom. The molecule has 0 N–H and O–H groups in total. The van der Waals surface area contributed by atoms with Crippen LogP contribution in [-0.4, -0.2) is 0 Å². The van der Waals surface area contributed by atoms with Crippen LogP contribution in [0.25, 0.3) is 21.5 Å². The molecule has 3 aliphatic carbocycles. The van der Waals surface area contributed by atoms with E-state index < -0.39 is 0 Å². The van der Waals surface area contributed by atoms with Crippen molar-refractivity contribution in [1.82, 2.24) is 0 Å². The van der Waals surface area contributed by atoms with Gasteiger partial charge >= 0.3 is 26.2 Å². The second-order valence-electron chi connectivity index (χ2n) is 9.22. The molecule has 3 aromatic carbocycles. The molecule has 2 bridgehead atoms. The van der Waals surface area contributed by atoms with E-state index >= 15 is 0 Å². The smallest absolute Gasteiger partial charge is 1.00 e. The normalized spacial score (nSPS) is 18.6. The predicted octanol–water partition coefficient (Wildman–Crippen LogP) is 1.47. The van der Waals surface area contributed by atoms with Gasteiger partial charge in [-0.25, -0.2) is 5.57 Å². The maximum atomic E-state index is 3.58. The summed E-state index contributed by atoms with van der Waals surface area (Å²) >= 11 is 0. The van der Waals surface area contributed by atoms with Crippen LogP contribution in [0.5, 0.6) is 0 Å². The molecule has 0 heterocycles. The number of rotatable bonds is 0. The fourth-order valence-corrected chi connectivity index (χ4v) is 4.81. The minimum atomic E-state index is 0. The van der Waals surface area contributed by atoms with Crippen LogP contribution in [0.15, 0.2) is 71.3 Å². The first-order valence-electron chi connectivity index (χ1n) is 9.64. The van der Waals surface area contributed by atoms with Gasteiger partial charge in [-0.15, -0.1) is 39.7 Å². The van der Waals surface area contributed by atoms with Crippen molar-refractivity contribution in [3.05, 3.63) is 77.4 Å². The minimum Gasteiger partial charge on any atom is -1.00 e. The van der Waals surface area contributed by atoms with E-state index in [9.17, 15) is 0 Å². The van der Waals surface area contributed by atoms with Gasteiger partial charge in [-0.3, -0.25) is 6.08 Å². The summed E-state index contributed by atoms with van der Waals surface area (Å²) in [6.07, 6.45) is 3.58. The average molecular weight is 503 g/mol. The summed E-state index contributed by atoms with van der Waals surface area (Å²) in [5.74, 6) is 0.569. The summed E-state index contributed by atoms with van der Waals surface area (Å²) in [6, 6.07) is 19.3. The van der Waals surface area contributed by atoms with Gasteiger partial charge in [0.05, 0.1) is 0 Å². The summed E-state index contributed by atoms with van der Waals surface area (Å²) in [5, 5.41) is 5.39. The maximum Gasteiger partial charge on any atom is 4.00 e. The van der Waals surface area contributed by atoms with Gasteiger partial charge in [0.1, 0.15) is 0 Å². The van der Waals surface area contributed by atoms with E-state index in [0.29, 0.717) is 16.7 Å². The van der Waals surface area contributed by atoms with Crippen molar-refractivity contribution in [1.29, 1.82) is 0 Å². The van der Waals surface area contributed by atoms with Crippen molar-refractivity contribution in [2.75, 3.05) is 0 Å². The summed E-state index contributed by atoms with van der Waals surface area (Å²) in [4.78, 5) is 0.